The van der Waals surface area contributed by atoms with Crippen LogP contribution in [-0.2, 0) is 9.59 Å². The molecular weight excluding hydrogens is 268 g/mol. The highest BCUT2D eigenvalue weighted by molar-refractivity contribution is 5.83. The normalized spacial score (nSPS) is 23.8. The summed E-state index contributed by atoms with van der Waals surface area (Å²) in [5, 5.41) is 18.1. The molecule has 0 aromatic carbocycles. The summed E-state index contributed by atoms with van der Waals surface area (Å²) in [6, 6.07) is 0. The van der Waals surface area contributed by atoms with E-state index in [-0.39, 0.29) is 18.3 Å². The fraction of sp³-hybridized carbons (Fsp3) is 0.765. The Morgan fingerprint density at radius 3 is 2.71 bits per heavy atom. The predicted octanol–water partition coefficient (Wildman–Crippen LogP) is 3.33. The van der Waals surface area contributed by atoms with E-state index in [4.69, 9.17) is 5.11 Å². The van der Waals surface area contributed by atoms with Crippen molar-refractivity contribution < 1.29 is 19.8 Å². The molecule has 120 valence electrons. The van der Waals surface area contributed by atoms with Crippen LogP contribution in [-0.4, -0.2) is 28.1 Å². The molecular formula is C17H28O4. The highest BCUT2D eigenvalue weighted by Gasteiger charge is 2.32. The van der Waals surface area contributed by atoms with E-state index in [1.807, 2.05) is 19.1 Å². The lowest BCUT2D eigenvalue weighted by Crippen LogP contribution is -2.14. The van der Waals surface area contributed by atoms with E-state index < -0.39 is 12.1 Å². The zero-order valence-electron chi connectivity index (χ0n) is 13.0. The van der Waals surface area contributed by atoms with Gasteiger partial charge in [0.05, 0.1) is 6.10 Å². The Morgan fingerprint density at radius 2 is 2.05 bits per heavy atom. The molecule has 2 N–H and O–H groups in total. The number of aliphatic hydroxyl groups excluding tert-OH is 1. The van der Waals surface area contributed by atoms with Gasteiger partial charge < -0.3 is 10.2 Å². The molecule has 0 unspecified atom stereocenters. The number of allylic oxidation sites excluding steroid dienone is 1. The molecule has 0 aliphatic heterocycles. The minimum Gasteiger partial charge on any atom is -0.481 e. The Balaban J connectivity index is 2.28. The van der Waals surface area contributed by atoms with Gasteiger partial charge in [0.15, 0.2) is 0 Å². The van der Waals surface area contributed by atoms with Gasteiger partial charge in [0, 0.05) is 18.8 Å². The second-order valence-electron chi connectivity index (χ2n) is 5.98. The summed E-state index contributed by atoms with van der Waals surface area (Å²) in [4.78, 5) is 22.3. The van der Waals surface area contributed by atoms with Crippen LogP contribution in [0.2, 0.25) is 0 Å². The molecule has 0 spiro atoms. The van der Waals surface area contributed by atoms with E-state index in [0.717, 1.165) is 38.5 Å². The predicted molar refractivity (Wildman–Crippen MR) is 82.0 cm³/mol. The van der Waals surface area contributed by atoms with Crippen molar-refractivity contribution in [1.29, 1.82) is 0 Å². The monoisotopic (exact) mass is 296 g/mol. The number of hydrogen-bond acceptors (Lipinski definition) is 3. The first-order chi connectivity index (χ1) is 10.0. The fourth-order valence-electron chi connectivity index (χ4n) is 2.94. The Kier molecular flexibility index (Phi) is 8.28. The maximum Gasteiger partial charge on any atom is 0.303 e. The van der Waals surface area contributed by atoms with Gasteiger partial charge in [0.2, 0.25) is 0 Å². The van der Waals surface area contributed by atoms with Gasteiger partial charge in [-0.05, 0) is 31.6 Å². The van der Waals surface area contributed by atoms with Crippen molar-refractivity contribution >= 4 is 11.8 Å². The lowest BCUT2D eigenvalue weighted by Gasteiger charge is -2.15. The molecule has 0 bridgehead atoms. The summed E-state index contributed by atoms with van der Waals surface area (Å²) < 4.78 is 0. The van der Waals surface area contributed by atoms with Crippen LogP contribution in [0, 0.1) is 11.8 Å². The molecule has 0 aromatic heterocycles. The van der Waals surface area contributed by atoms with E-state index in [1.165, 1.54) is 0 Å². The maximum atomic E-state index is 11.9. The van der Waals surface area contributed by atoms with E-state index in [2.05, 4.69) is 0 Å². The van der Waals surface area contributed by atoms with Crippen LogP contribution in [0.25, 0.3) is 0 Å². The first-order valence-corrected chi connectivity index (χ1v) is 8.15. The molecule has 0 radical (unpaired) electrons. The summed E-state index contributed by atoms with van der Waals surface area (Å²) in [7, 11) is 0. The van der Waals surface area contributed by atoms with Crippen LogP contribution in [0.5, 0.6) is 0 Å². The Bertz CT molecular complexity index is 362. The van der Waals surface area contributed by atoms with Crippen molar-refractivity contribution in [2.24, 2.45) is 11.8 Å². The number of hydrogen-bond donors (Lipinski definition) is 2. The van der Waals surface area contributed by atoms with Gasteiger partial charge in [-0.1, -0.05) is 38.3 Å². The second-order valence-corrected chi connectivity index (χ2v) is 5.98. The SMILES string of the molecule is CC[C@H](O)/C=C/[C@H]1CCC(=O)[C@@H]1CCCCCCC(=O)O. The number of unbranched alkanes of at least 4 members (excludes halogenated alkanes) is 3. The third-order valence-corrected chi connectivity index (χ3v) is 4.31. The van der Waals surface area contributed by atoms with Gasteiger partial charge in [-0.2, -0.15) is 0 Å². The summed E-state index contributed by atoms with van der Waals surface area (Å²) in [6.45, 7) is 1.93. The highest BCUT2D eigenvalue weighted by Crippen LogP contribution is 2.33. The molecule has 1 aliphatic carbocycles. The summed E-state index contributed by atoms with van der Waals surface area (Å²) in [5.74, 6) is -0.00988. The maximum absolute atomic E-state index is 11.9. The molecule has 0 amide bonds. The molecule has 1 rings (SSSR count). The number of Topliss-reactive ketones (excluding diaryl/α,β-unsaturated/α-hetero) is 1. The largest absolute Gasteiger partial charge is 0.481 e. The number of ketones is 1. The van der Waals surface area contributed by atoms with Crippen molar-refractivity contribution in [3.8, 4) is 0 Å². The van der Waals surface area contributed by atoms with Crippen LogP contribution in [0.1, 0.15) is 64.7 Å². The van der Waals surface area contributed by atoms with Gasteiger partial charge >= 0.3 is 5.97 Å². The molecule has 21 heavy (non-hydrogen) atoms. The standard InChI is InChI=1S/C17H28O4/c1-2-14(18)11-9-13-10-12-16(19)15(13)7-5-3-4-6-8-17(20)21/h9,11,13-15,18H,2-8,10,12H2,1H3,(H,20,21)/b11-9+/t13-,14-,15+/m0/s1. The van der Waals surface area contributed by atoms with Crippen molar-refractivity contribution in [1.82, 2.24) is 0 Å². The number of aliphatic carboxylic acids is 1. The summed E-state index contributed by atoms with van der Waals surface area (Å²) in [6.07, 6.45) is 10.4. The van der Waals surface area contributed by atoms with Crippen molar-refractivity contribution in [3.63, 3.8) is 0 Å². The average molecular weight is 296 g/mol. The molecule has 4 nitrogen and oxygen atoms in total. The average Bonchev–Trinajstić information content (AvgIpc) is 2.80. The van der Waals surface area contributed by atoms with E-state index in [1.54, 1.807) is 0 Å². The number of carboxylic acids is 1. The zero-order chi connectivity index (χ0) is 15.7. The first-order valence-electron chi connectivity index (χ1n) is 8.15. The van der Waals surface area contributed by atoms with Gasteiger partial charge in [-0.3, -0.25) is 9.59 Å². The van der Waals surface area contributed by atoms with Crippen LogP contribution < -0.4 is 0 Å². The number of carbonyl (C=O) groups excluding carboxylic acids is 1. The minimum absolute atomic E-state index is 0.102. The molecule has 0 saturated heterocycles. The van der Waals surface area contributed by atoms with E-state index in [9.17, 15) is 14.7 Å². The number of aliphatic hydroxyl groups is 1. The van der Waals surface area contributed by atoms with E-state index in [0.29, 0.717) is 18.6 Å². The Labute approximate surface area is 127 Å². The molecule has 3 atom stereocenters. The third kappa shape index (κ3) is 6.89. The quantitative estimate of drug-likeness (QED) is 0.479. The van der Waals surface area contributed by atoms with Crippen molar-refractivity contribution in [2.75, 3.05) is 0 Å². The zero-order valence-corrected chi connectivity index (χ0v) is 13.0. The van der Waals surface area contributed by atoms with Crippen LogP contribution in [0.4, 0.5) is 0 Å². The topological polar surface area (TPSA) is 74.6 Å². The number of carboxylic acid groups (broad SMARTS) is 1. The summed E-state index contributed by atoms with van der Waals surface area (Å²) in [5.41, 5.74) is 0. The van der Waals surface area contributed by atoms with Gasteiger partial charge in [0.25, 0.3) is 0 Å². The van der Waals surface area contributed by atoms with Crippen molar-refractivity contribution in [3.05, 3.63) is 12.2 Å². The molecule has 4 heteroatoms. The molecule has 0 aromatic rings. The first kappa shape index (κ1) is 17.9. The smallest absolute Gasteiger partial charge is 0.303 e. The van der Waals surface area contributed by atoms with Crippen LogP contribution in [0.15, 0.2) is 12.2 Å². The van der Waals surface area contributed by atoms with Crippen LogP contribution >= 0.6 is 0 Å². The Morgan fingerprint density at radius 1 is 1.33 bits per heavy atom. The summed E-state index contributed by atoms with van der Waals surface area (Å²) >= 11 is 0. The molecule has 1 fully saturated rings. The lowest BCUT2D eigenvalue weighted by molar-refractivity contribution is -0.137. The Hall–Kier alpha value is -1.16. The minimum atomic E-state index is -0.736. The third-order valence-electron chi connectivity index (χ3n) is 4.31. The lowest BCUT2D eigenvalue weighted by atomic mass is 9.89. The van der Waals surface area contributed by atoms with Gasteiger partial charge in [0.1, 0.15) is 5.78 Å². The molecule has 1 saturated carbocycles. The molecule has 0 heterocycles. The second kappa shape index (κ2) is 9.72. The fourth-order valence-corrected chi connectivity index (χ4v) is 2.94. The molecule has 1 aliphatic rings. The number of rotatable bonds is 10. The highest BCUT2D eigenvalue weighted by atomic mass is 16.4. The van der Waals surface area contributed by atoms with Crippen LogP contribution in [0.3, 0.4) is 0 Å². The van der Waals surface area contributed by atoms with E-state index >= 15 is 0 Å². The van der Waals surface area contributed by atoms with Crippen molar-refractivity contribution in [2.45, 2.75) is 70.8 Å². The van der Waals surface area contributed by atoms with Gasteiger partial charge in [-0.25, -0.2) is 0 Å². The number of carbonyl (C=O) groups is 2. The van der Waals surface area contributed by atoms with Gasteiger partial charge in [-0.15, -0.1) is 0 Å².